The van der Waals surface area contributed by atoms with Gasteiger partial charge >= 0.3 is 0 Å². The van der Waals surface area contributed by atoms with E-state index in [0.29, 0.717) is 23.7 Å². The van der Waals surface area contributed by atoms with Crippen LogP contribution in [0.15, 0.2) is 16.6 Å². The molecule has 2 nitrogen and oxygen atoms in total. The van der Waals surface area contributed by atoms with Gasteiger partial charge in [0.05, 0.1) is 12.7 Å². The van der Waals surface area contributed by atoms with E-state index in [1.54, 1.807) is 7.11 Å². The molecule has 0 spiro atoms. The number of ketones is 1. The van der Waals surface area contributed by atoms with Crippen LogP contribution in [-0.4, -0.2) is 12.9 Å². The van der Waals surface area contributed by atoms with Crippen LogP contribution in [0, 0.1) is 12.8 Å². The van der Waals surface area contributed by atoms with Crippen LogP contribution < -0.4 is 4.74 Å². The first kappa shape index (κ1) is 12.6. The summed E-state index contributed by atoms with van der Waals surface area (Å²) in [5.41, 5.74) is 1.79. The zero-order valence-electron chi connectivity index (χ0n) is 10.3. The molecule has 1 fully saturated rings. The highest BCUT2D eigenvalue weighted by atomic mass is 79.9. The Bertz CT molecular complexity index is 436. The molecule has 1 aliphatic rings. The van der Waals surface area contributed by atoms with Crippen molar-refractivity contribution in [3.05, 3.63) is 27.7 Å². The Morgan fingerprint density at radius 1 is 1.47 bits per heavy atom. The number of Topliss-reactive ketones (excluding diaryl/α,β-unsaturated/α-hetero) is 1. The SMILES string of the molecule is COc1cc(C)c(Br)cc1C(=O)CC1CCC1. The summed E-state index contributed by atoms with van der Waals surface area (Å²) < 4.78 is 6.26. The summed E-state index contributed by atoms with van der Waals surface area (Å²) in [4.78, 5) is 12.2. The van der Waals surface area contributed by atoms with Gasteiger partial charge in [0.25, 0.3) is 0 Å². The van der Waals surface area contributed by atoms with Gasteiger partial charge in [-0.15, -0.1) is 0 Å². The van der Waals surface area contributed by atoms with Gasteiger partial charge in [0.1, 0.15) is 5.75 Å². The molecule has 0 saturated heterocycles. The van der Waals surface area contributed by atoms with E-state index >= 15 is 0 Å². The molecule has 92 valence electrons. The molecule has 0 aromatic heterocycles. The summed E-state index contributed by atoms with van der Waals surface area (Å²) in [6, 6.07) is 3.80. The number of carbonyl (C=O) groups is 1. The summed E-state index contributed by atoms with van der Waals surface area (Å²) >= 11 is 3.47. The Labute approximate surface area is 110 Å². The highest BCUT2D eigenvalue weighted by Crippen LogP contribution is 2.33. The lowest BCUT2D eigenvalue weighted by Gasteiger charge is -2.24. The predicted molar refractivity (Wildman–Crippen MR) is 71.7 cm³/mol. The molecule has 0 heterocycles. The van der Waals surface area contributed by atoms with Crippen molar-refractivity contribution in [2.24, 2.45) is 5.92 Å². The summed E-state index contributed by atoms with van der Waals surface area (Å²) in [6.07, 6.45) is 4.32. The Morgan fingerprint density at radius 3 is 2.71 bits per heavy atom. The van der Waals surface area contributed by atoms with Gasteiger partial charge in [0.15, 0.2) is 5.78 Å². The van der Waals surface area contributed by atoms with Gasteiger partial charge < -0.3 is 4.74 Å². The monoisotopic (exact) mass is 296 g/mol. The molecule has 0 bridgehead atoms. The van der Waals surface area contributed by atoms with E-state index in [1.807, 2.05) is 19.1 Å². The maximum atomic E-state index is 12.2. The van der Waals surface area contributed by atoms with Crippen molar-refractivity contribution in [3.8, 4) is 5.75 Å². The fraction of sp³-hybridized carbons (Fsp3) is 0.500. The molecule has 0 aliphatic heterocycles. The van der Waals surface area contributed by atoms with Crippen LogP contribution in [0.1, 0.15) is 41.6 Å². The Hall–Kier alpha value is -0.830. The minimum absolute atomic E-state index is 0.201. The number of methoxy groups -OCH3 is 1. The second kappa shape index (κ2) is 5.21. The molecule has 0 radical (unpaired) electrons. The van der Waals surface area contributed by atoms with Crippen LogP contribution in [0.5, 0.6) is 5.75 Å². The first-order valence-corrected chi connectivity index (χ1v) is 6.78. The van der Waals surface area contributed by atoms with Crippen LogP contribution >= 0.6 is 15.9 Å². The Morgan fingerprint density at radius 2 is 2.18 bits per heavy atom. The number of carbonyl (C=O) groups excluding carboxylic acids is 1. The molecule has 0 amide bonds. The van der Waals surface area contributed by atoms with Crippen molar-refractivity contribution in [3.63, 3.8) is 0 Å². The van der Waals surface area contributed by atoms with E-state index in [2.05, 4.69) is 15.9 Å². The van der Waals surface area contributed by atoms with Crippen LogP contribution in [0.4, 0.5) is 0 Å². The number of ether oxygens (including phenoxy) is 1. The smallest absolute Gasteiger partial charge is 0.166 e. The van der Waals surface area contributed by atoms with Crippen LogP contribution in [-0.2, 0) is 0 Å². The third-order valence-electron chi connectivity index (χ3n) is 3.48. The van der Waals surface area contributed by atoms with Gasteiger partial charge in [-0.25, -0.2) is 0 Å². The number of benzene rings is 1. The highest BCUT2D eigenvalue weighted by Gasteiger charge is 2.23. The molecule has 0 atom stereocenters. The number of hydrogen-bond acceptors (Lipinski definition) is 2. The minimum atomic E-state index is 0.201. The quantitative estimate of drug-likeness (QED) is 0.781. The first-order valence-electron chi connectivity index (χ1n) is 5.99. The number of rotatable bonds is 4. The zero-order valence-corrected chi connectivity index (χ0v) is 11.8. The second-order valence-corrected chi connectivity index (χ2v) is 5.58. The first-order chi connectivity index (χ1) is 8.11. The topological polar surface area (TPSA) is 26.3 Å². The standard InChI is InChI=1S/C14H17BrO2/c1-9-6-14(17-2)11(8-12(9)15)13(16)7-10-4-3-5-10/h6,8,10H,3-5,7H2,1-2H3. The van der Waals surface area contributed by atoms with E-state index in [0.717, 1.165) is 10.0 Å². The van der Waals surface area contributed by atoms with Gasteiger partial charge in [0, 0.05) is 10.9 Å². The molecule has 17 heavy (non-hydrogen) atoms. The molecule has 2 rings (SSSR count). The molecular formula is C14H17BrO2. The maximum Gasteiger partial charge on any atom is 0.166 e. The van der Waals surface area contributed by atoms with Gasteiger partial charge in [-0.05, 0) is 30.5 Å². The van der Waals surface area contributed by atoms with Crippen LogP contribution in [0.3, 0.4) is 0 Å². The third-order valence-corrected chi connectivity index (χ3v) is 4.33. The summed E-state index contributed by atoms with van der Waals surface area (Å²) in [5.74, 6) is 1.48. The zero-order chi connectivity index (χ0) is 12.4. The summed E-state index contributed by atoms with van der Waals surface area (Å²) in [7, 11) is 1.61. The lowest BCUT2D eigenvalue weighted by molar-refractivity contribution is 0.0933. The fourth-order valence-electron chi connectivity index (χ4n) is 2.11. The molecular weight excluding hydrogens is 280 g/mol. The van der Waals surface area contributed by atoms with Crippen molar-refractivity contribution in [1.82, 2.24) is 0 Å². The van der Waals surface area contributed by atoms with Crippen LogP contribution in [0.25, 0.3) is 0 Å². The van der Waals surface area contributed by atoms with Crippen molar-refractivity contribution in [1.29, 1.82) is 0 Å². The van der Waals surface area contributed by atoms with E-state index in [1.165, 1.54) is 19.3 Å². The minimum Gasteiger partial charge on any atom is -0.496 e. The molecule has 1 aliphatic carbocycles. The number of halogens is 1. The Balaban J connectivity index is 2.23. The lowest BCUT2D eigenvalue weighted by Crippen LogP contribution is -2.16. The number of aryl methyl sites for hydroxylation is 1. The van der Waals surface area contributed by atoms with Crippen molar-refractivity contribution in [2.75, 3.05) is 7.11 Å². The molecule has 0 N–H and O–H groups in total. The van der Waals surface area contributed by atoms with Crippen molar-refractivity contribution >= 4 is 21.7 Å². The fourth-order valence-corrected chi connectivity index (χ4v) is 2.45. The number of hydrogen-bond donors (Lipinski definition) is 0. The molecule has 0 unspecified atom stereocenters. The third kappa shape index (κ3) is 2.71. The lowest BCUT2D eigenvalue weighted by atomic mass is 9.81. The molecule has 1 aromatic carbocycles. The highest BCUT2D eigenvalue weighted by molar-refractivity contribution is 9.10. The largest absolute Gasteiger partial charge is 0.496 e. The van der Waals surface area contributed by atoms with Gasteiger partial charge in [-0.1, -0.05) is 35.2 Å². The summed E-state index contributed by atoms with van der Waals surface area (Å²) in [6.45, 7) is 1.99. The summed E-state index contributed by atoms with van der Waals surface area (Å²) in [5, 5.41) is 0. The van der Waals surface area contributed by atoms with Crippen LogP contribution in [0.2, 0.25) is 0 Å². The second-order valence-electron chi connectivity index (χ2n) is 4.73. The van der Waals surface area contributed by atoms with E-state index < -0.39 is 0 Å². The van der Waals surface area contributed by atoms with Gasteiger partial charge in [0.2, 0.25) is 0 Å². The average Bonchev–Trinajstić information content (AvgIpc) is 2.26. The van der Waals surface area contributed by atoms with E-state index in [4.69, 9.17) is 4.74 Å². The Kier molecular flexibility index (Phi) is 3.87. The van der Waals surface area contributed by atoms with Gasteiger partial charge in [-0.2, -0.15) is 0 Å². The average molecular weight is 297 g/mol. The van der Waals surface area contributed by atoms with E-state index in [-0.39, 0.29) is 5.78 Å². The molecule has 1 aromatic rings. The van der Waals surface area contributed by atoms with Crippen molar-refractivity contribution in [2.45, 2.75) is 32.6 Å². The maximum absolute atomic E-state index is 12.2. The van der Waals surface area contributed by atoms with Gasteiger partial charge in [-0.3, -0.25) is 4.79 Å². The van der Waals surface area contributed by atoms with Crippen molar-refractivity contribution < 1.29 is 9.53 Å². The predicted octanol–water partition coefficient (Wildman–Crippen LogP) is 4.14. The normalized spacial score (nSPS) is 15.5. The van der Waals surface area contributed by atoms with E-state index in [9.17, 15) is 4.79 Å². The molecule has 3 heteroatoms. The molecule has 1 saturated carbocycles.